The second-order valence-corrected chi connectivity index (χ2v) is 14.2. The quantitative estimate of drug-likeness (QED) is 0.0631. The van der Waals surface area contributed by atoms with Gasteiger partial charge in [-0.1, -0.05) is 195 Å². The van der Waals surface area contributed by atoms with Crippen molar-refractivity contribution in [2.24, 2.45) is 11.8 Å². The summed E-state index contributed by atoms with van der Waals surface area (Å²) in [4.78, 5) is 0. The van der Waals surface area contributed by atoms with Crippen molar-refractivity contribution >= 4 is 0 Å². The molecule has 0 aliphatic carbocycles. The summed E-state index contributed by atoms with van der Waals surface area (Å²) in [7, 11) is 0. The van der Waals surface area contributed by atoms with Gasteiger partial charge in [0.2, 0.25) is 0 Å². The Morgan fingerprint density at radius 3 is 0.744 bits per heavy atom. The van der Waals surface area contributed by atoms with Gasteiger partial charge in [-0.3, -0.25) is 0 Å². The lowest BCUT2D eigenvalue weighted by molar-refractivity contribution is 0.0450. The number of unbranched alkanes of at least 4 members (excludes halogenated alkanes) is 24. The summed E-state index contributed by atoms with van der Waals surface area (Å²) in [5.41, 5.74) is 0. The van der Waals surface area contributed by atoms with Crippen LogP contribution in [0.4, 0.5) is 0 Å². The minimum atomic E-state index is -0.954. The molecule has 0 aliphatic heterocycles. The lowest BCUT2D eigenvalue weighted by Crippen LogP contribution is -2.15. The predicted octanol–water partition coefficient (Wildman–Crippen LogP) is 11.6. The Hall–Kier alpha value is -0.160. The summed E-state index contributed by atoms with van der Waals surface area (Å²) in [6.45, 7) is 10.6. The van der Waals surface area contributed by atoms with Gasteiger partial charge in [0.25, 0.3) is 0 Å². The molecule has 0 atom stereocenters. The van der Waals surface area contributed by atoms with Gasteiger partial charge in [0.05, 0.1) is 13.2 Å². The lowest BCUT2D eigenvalue weighted by Gasteiger charge is -2.06. The van der Waals surface area contributed by atoms with Crippen LogP contribution in [0.15, 0.2) is 0 Å². The Bertz CT molecular complexity index is 428. The van der Waals surface area contributed by atoms with Crippen LogP contribution in [-0.4, -0.2) is 47.9 Å². The molecule has 0 aromatic rings. The first kappa shape index (κ1) is 45.0. The first-order valence-electron chi connectivity index (χ1n) is 19.4. The number of hydrogen-bond acceptors (Lipinski definition) is 4. The van der Waals surface area contributed by atoms with Crippen LogP contribution in [0, 0.1) is 11.8 Å². The van der Waals surface area contributed by atoms with E-state index in [-0.39, 0.29) is 13.2 Å². The summed E-state index contributed by atoms with van der Waals surface area (Å²) in [5, 5.41) is 24.0. The van der Waals surface area contributed by atoms with Crippen molar-refractivity contribution < 1.29 is 20.1 Å². The number of hydrogen-bond donors (Lipinski definition) is 3. The molecule has 43 heavy (non-hydrogen) atoms. The van der Waals surface area contributed by atoms with Crippen LogP contribution < -0.4 is 0 Å². The molecule has 0 heterocycles. The van der Waals surface area contributed by atoms with Crippen molar-refractivity contribution in [3.63, 3.8) is 0 Å². The van der Waals surface area contributed by atoms with E-state index in [0.29, 0.717) is 0 Å². The maximum Gasteiger partial charge on any atom is 0.100 e. The Morgan fingerprint density at radius 1 is 0.349 bits per heavy atom. The molecule has 0 rings (SSSR count). The van der Waals surface area contributed by atoms with Gasteiger partial charge in [-0.2, -0.15) is 0 Å². The third-order valence-corrected chi connectivity index (χ3v) is 8.56. The highest BCUT2D eigenvalue weighted by atomic mass is 16.5. The van der Waals surface area contributed by atoms with Crippen LogP contribution in [0.25, 0.3) is 0 Å². The van der Waals surface area contributed by atoms with Crippen LogP contribution in [0.5, 0.6) is 0 Å². The molecule has 0 fully saturated rings. The summed E-state index contributed by atoms with van der Waals surface area (Å²) in [6.07, 6.45) is 39.2. The summed E-state index contributed by atoms with van der Waals surface area (Å²) < 4.78 is 5.87. The van der Waals surface area contributed by atoms with Gasteiger partial charge >= 0.3 is 0 Å². The van der Waals surface area contributed by atoms with E-state index in [2.05, 4.69) is 27.7 Å². The molecule has 0 spiro atoms. The van der Waals surface area contributed by atoms with Gasteiger partial charge < -0.3 is 20.1 Å². The monoisotopic (exact) mass is 615 g/mol. The highest BCUT2D eigenvalue weighted by molar-refractivity contribution is 4.53. The molecule has 0 unspecified atom stereocenters. The fraction of sp³-hybridized carbons (Fsp3) is 1.00. The standard InChI is InChI=1S/C36H74O.C3H8O3/c1-35(2)31-27-23-19-15-11-7-5-9-13-17-21-25-29-33-37-34-30-26-22-18-14-10-6-8-12-16-20-24-28-32-36(3)4;4-1-3(6)2-5/h35-36H,5-34H2,1-4H3;3-6H,1-2H2. The molecular formula is C39H82O4. The first-order chi connectivity index (χ1) is 20.9. The molecule has 0 aliphatic rings. The minimum absolute atomic E-state index is 0.365. The zero-order valence-corrected chi connectivity index (χ0v) is 30.1. The molecule has 0 radical (unpaired) electrons. The molecule has 4 heteroatoms. The molecule has 0 aromatic carbocycles. The van der Waals surface area contributed by atoms with Crippen molar-refractivity contribution in [1.29, 1.82) is 0 Å². The lowest BCUT2D eigenvalue weighted by atomic mass is 10.0. The molecule has 0 saturated heterocycles. The summed E-state index contributed by atoms with van der Waals surface area (Å²) >= 11 is 0. The van der Waals surface area contributed by atoms with Gasteiger partial charge in [0.15, 0.2) is 0 Å². The summed E-state index contributed by atoms with van der Waals surface area (Å²) in [6, 6.07) is 0. The van der Waals surface area contributed by atoms with Crippen LogP contribution in [0.1, 0.15) is 207 Å². The third kappa shape index (κ3) is 46.4. The average molecular weight is 615 g/mol. The van der Waals surface area contributed by atoms with E-state index in [1.807, 2.05) is 0 Å². The maximum atomic E-state index is 8.17. The fourth-order valence-corrected chi connectivity index (χ4v) is 5.56. The third-order valence-electron chi connectivity index (χ3n) is 8.56. The molecule has 262 valence electrons. The van der Waals surface area contributed by atoms with E-state index < -0.39 is 6.10 Å². The second kappa shape index (κ2) is 39.9. The van der Waals surface area contributed by atoms with Crippen LogP contribution in [0.3, 0.4) is 0 Å². The maximum absolute atomic E-state index is 8.17. The van der Waals surface area contributed by atoms with Crippen LogP contribution >= 0.6 is 0 Å². The topological polar surface area (TPSA) is 69.9 Å². The molecule has 0 amide bonds. The largest absolute Gasteiger partial charge is 0.394 e. The van der Waals surface area contributed by atoms with E-state index >= 15 is 0 Å². The SMILES string of the molecule is CC(C)CCCCCCCCCCCCCCCOCCCCCCCCCCCCCCCC(C)C.OCC(O)CO. The van der Waals surface area contributed by atoms with E-state index in [1.54, 1.807) is 0 Å². The van der Waals surface area contributed by atoms with Crippen molar-refractivity contribution in [3.8, 4) is 0 Å². The predicted molar refractivity (Wildman–Crippen MR) is 190 cm³/mol. The van der Waals surface area contributed by atoms with Gasteiger partial charge in [0.1, 0.15) is 6.10 Å². The first-order valence-corrected chi connectivity index (χ1v) is 19.4. The Morgan fingerprint density at radius 2 is 0.558 bits per heavy atom. The minimum Gasteiger partial charge on any atom is -0.394 e. The van der Waals surface area contributed by atoms with E-state index in [9.17, 15) is 0 Å². The van der Waals surface area contributed by atoms with Gasteiger partial charge in [0, 0.05) is 13.2 Å². The molecule has 0 bridgehead atoms. The van der Waals surface area contributed by atoms with Gasteiger partial charge in [-0.15, -0.1) is 0 Å². The Balaban J connectivity index is 0. The number of aliphatic hydroxyl groups excluding tert-OH is 3. The van der Waals surface area contributed by atoms with E-state index in [0.717, 1.165) is 25.0 Å². The Labute approximate surface area is 271 Å². The molecule has 3 N–H and O–H groups in total. The van der Waals surface area contributed by atoms with Crippen molar-refractivity contribution in [2.45, 2.75) is 214 Å². The van der Waals surface area contributed by atoms with E-state index in [1.165, 1.54) is 180 Å². The van der Waals surface area contributed by atoms with Crippen LogP contribution in [0.2, 0.25) is 0 Å². The zero-order chi connectivity index (χ0) is 32.1. The van der Waals surface area contributed by atoms with Gasteiger partial charge in [-0.25, -0.2) is 0 Å². The highest BCUT2D eigenvalue weighted by Crippen LogP contribution is 2.16. The van der Waals surface area contributed by atoms with Crippen molar-refractivity contribution in [3.05, 3.63) is 0 Å². The van der Waals surface area contributed by atoms with Gasteiger partial charge in [-0.05, 0) is 24.7 Å². The smallest absolute Gasteiger partial charge is 0.100 e. The van der Waals surface area contributed by atoms with Crippen molar-refractivity contribution in [2.75, 3.05) is 26.4 Å². The summed E-state index contributed by atoms with van der Waals surface area (Å²) in [5.74, 6) is 1.78. The average Bonchev–Trinajstić information content (AvgIpc) is 2.99. The molecular weight excluding hydrogens is 532 g/mol. The normalized spacial score (nSPS) is 11.6. The molecule has 0 saturated carbocycles. The second-order valence-electron chi connectivity index (χ2n) is 14.2. The van der Waals surface area contributed by atoms with Crippen LogP contribution in [-0.2, 0) is 4.74 Å². The van der Waals surface area contributed by atoms with E-state index in [4.69, 9.17) is 20.1 Å². The molecule has 4 nitrogen and oxygen atoms in total. The molecule has 0 aromatic heterocycles. The number of rotatable bonds is 34. The fourth-order valence-electron chi connectivity index (χ4n) is 5.56. The highest BCUT2D eigenvalue weighted by Gasteiger charge is 1.98. The Kier molecular flexibility index (Phi) is 41.7. The van der Waals surface area contributed by atoms with Crippen molar-refractivity contribution in [1.82, 2.24) is 0 Å². The number of ether oxygens (including phenoxy) is 1. The number of aliphatic hydroxyl groups is 3. The zero-order valence-electron chi connectivity index (χ0n) is 30.1.